The third kappa shape index (κ3) is 4.91. The number of rotatable bonds is 8. The molecule has 1 amide bonds. The highest BCUT2D eigenvalue weighted by Gasteiger charge is 2.23. The van der Waals surface area contributed by atoms with Gasteiger partial charge in [-0.2, -0.15) is 5.10 Å². The number of ketones is 1. The smallest absolute Gasteiger partial charge is 0.258 e. The molecular formula is C29H25FN4O4. The van der Waals surface area contributed by atoms with Crippen molar-refractivity contribution in [2.75, 3.05) is 5.32 Å². The van der Waals surface area contributed by atoms with E-state index in [1.54, 1.807) is 42.2 Å². The van der Waals surface area contributed by atoms with Gasteiger partial charge >= 0.3 is 0 Å². The molecule has 5 rings (SSSR count). The quantitative estimate of drug-likeness (QED) is 0.285. The van der Waals surface area contributed by atoms with Crippen LogP contribution in [0.4, 0.5) is 10.1 Å². The van der Waals surface area contributed by atoms with Gasteiger partial charge in [-0.05, 0) is 36.2 Å². The minimum absolute atomic E-state index is 0.0967. The Balaban J connectivity index is 1.52. The van der Waals surface area contributed by atoms with Gasteiger partial charge in [0.2, 0.25) is 0 Å². The Morgan fingerprint density at radius 3 is 2.55 bits per heavy atom. The second-order valence-electron chi connectivity index (χ2n) is 8.92. The number of nitrogens with zero attached hydrogens (tertiary/aromatic N) is 3. The summed E-state index contributed by atoms with van der Waals surface area (Å²) in [6.07, 6.45) is 6.40. The highest BCUT2D eigenvalue weighted by atomic mass is 19.1. The first-order chi connectivity index (χ1) is 18.3. The van der Waals surface area contributed by atoms with Crippen molar-refractivity contribution in [2.24, 2.45) is 7.05 Å². The van der Waals surface area contributed by atoms with Gasteiger partial charge in [-0.1, -0.05) is 30.3 Å². The molecule has 0 fully saturated rings. The van der Waals surface area contributed by atoms with Crippen LogP contribution in [0.3, 0.4) is 0 Å². The second-order valence-corrected chi connectivity index (χ2v) is 8.92. The van der Waals surface area contributed by atoms with Gasteiger partial charge in [0.25, 0.3) is 5.91 Å². The number of carbonyl (C=O) groups is 2. The van der Waals surface area contributed by atoms with Crippen LogP contribution in [0.25, 0.3) is 16.6 Å². The lowest BCUT2D eigenvalue weighted by molar-refractivity contribution is 0.0987. The van der Waals surface area contributed by atoms with E-state index in [-0.39, 0.29) is 34.8 Å². The van der Waals surface area contributed by atoms with Crippen LogP contribution in [0.1, 0.15) is 38.8 Å². The standard InChI is InChI=1S/C29H25FN4O4/c1-18(36)24-15-34-9-8-22(38-17-19-6-4-3-5-7-19)12-26(34)27(24)29(37)32-25-11-20(16-35)10-23(28(25)30)21-13-31-33(2)14-21/h3-15,35H,16-17H2,1-2H3,(H,32,37). The number of amides is 1. The average molecular weight is 513 g/mol. The van der Waals surface area contributed by atoms with Crippen molar-refractivity contribution in [1.29, 1.82) is 0 Å². The number of carbonyl (C=O) groups excluding carboxylic acids is 2. The maximum absolute atomic E-state index is 15.6. The number of aliphatic hydroxyl groups is 1. The number of hydrogen-bond acceptors (Lipinski definition) is 5. The summed E-state index contributed by atoms with van der Waals surface area (Å²) in [5.74, 6) is -1.14. The molecular weight excluding hydrogens is 487 g/mol. The van der Waals surface area contributed by atoms with Gasteiger partial charge in [0.15, 0.2) is 11.6 Å². The number of aryl methyl sites for hydroxylation is 1. The number of fused-ring (bicyclic) bond motifs is 1. The summed E-state index contributed by atoms with van der Waals surface area (Å²) in [5.41, 5.74) is 2.67. The molecule has 192 valence electrons. The van der Waals surface area contributed by atoms with Crippen molar-refractivity contribution in [3.05, 3.63) is 107 Å². The zero-order valence-electron chi connectivity index (χ0n) is 20.8. The lowest BCUT2D eigenvalue weighted by atomic mass is 10.0. The molecule has 0 aliphatic rings. The lowest BCUT2D eigenvalue weighted by Gasteiger charge is -2.12. The van der Waals surface area contributed by atoms with Crippen molar-refractivity contribution in [1.82, 2.24) is 14.2 Å². The normalized spacial score (nSPS) is 11.1. The predicted octanol–water partition coefficient (Wildman–Crippen LogP) is 5.01. The van der Waals surface area contributed by atoms with Crippen LogP contribution < -0.4 is 10.1 Å². The maximum atomic E-state index is 15.6. The molecule has 5 aromatic rings. The molecule has 38 heavy (non-hydrogen) atoms. The first kappa shape index (κ1) is 24.9. The van der Waals surface area contributed by atoms with Gasteiger partial charge in [0.05, 0.1) is 29.6 Å². The Bertz CT molecular complexity index is 1660. The Labute approximate surface area is 217 Å². The molecule has 3 aromatic heterocycles. The summed E-state index contributed by atoms with van der Waals surface area (Å²) in [5, 5.41) is 16.4. The van der Waals surface area contributed by atoms with E-state index in [2.05, 4.69) is 10.4 Å². The van der Waals surface area contributed by atoms with E-state index in [9.17, 15) is 14.7 Å². The van der Waals surface area contributed by atoms with Gasteiger partial charge in [-0.15, -0.1) is 0 Å². The number of ether oxygens (including phenoxy) is 1. The number of anilines is 1. The molecule has 0 aliphatic heterocycles. The van der Waals surface area contributed by atoms with Crippen LogP contribution in [0.5, 0.6) is 5.75 Å². The topological polar surface area (TPSA) is 97.9 Å². The molecule has 9 heteroatoms. The summed E-state index contributed by atoms with van der Waals surface area (Å²) < 4.78 is 24.7. The third-order valence-corrected chi connectivity index (χ3v) is 6.18. The minimum Gasteiger partial charge on any atom is -0.489 e. The number of pyridine rings is 1. The number of benzene rings is 2. The summed E-state index contributed by atoms with van der Waals surface area (Å²) >= 11 is 0. The highest BCUT2D eigenvalue weighted by molar-refractivity contribution is 6.16. The number of Topliss-reactive ketones (excluding diaryl/α,β-unsaturated/α-hetero) is 1. The molecule has 0 atom stereocenters. The Kier molecular flexibility index (Phi) is 6.76. The molecule has 2 N–H and O–H groups in total. The van der Waals surface area contributed by atoms with E-state index in [1.165, 1.54) is 29.9 Å². The van der Waals surface area contributed by atoms with Crippen LogP contribution in [-0.2, 0) is 20.3 Å². The lowest BCUT2D eigenvalue weighted by Crippen LogP contribution is -2.16. The molecule has 3 heterocycles. The zero-order chi connectivity index (χ0) is 26.8. The Morgan fingerprint density at radius 1 is 1.08 bits per heavy atom. The van der Waals surface area contributed by atoms with Crippen LogP contribution in [0, 0.1) is 5.82 Å². The third-order valence-electron chi connectivity index (χ3n) is 6.18. The molecule has 0 aliphatic carbocycles. The Morgan fingerprint density at radius 2 is 1.87 bits per heavy atom. The maximum Gasteiger partial charge on any atom is 0.258 e. The second kappa shape index (κ2) is 10.3. The van der Waals surface area contributed by atoms with Gasteiger partial charge in [-0.25, -0.2) is 4.39 Å². The first-order valence-corrected chi connectivity index (χ1v) is 11.9. The highest BCUT2D eigenvalue weighted by Crippen LogP contribution is 2.31. The zero-order valence-corrected chi connectivity index (χ0v) is 20.8. The largest absolute Gasteiger partial charge is 0.489 e. The first-order valence-electron chi connectivity index (χ1n) is 11.9. The fourth-order valence-corrected chi connectivity index (χ4v) is 4.30. The molecule has 0 saturated carbocycles. The average Bonchev–Trinajstić information content (AvgIpc) is 3.52. The number of aliphatic hydroxyl groups excluding tert-OH is 1. The molecule has 8 nitrogen and oxygen atoms in total. The van der Waals surface area contributed by atoms with E-state index in [0.717, 1.165) is 5.56 Å². The van der Waals surface area contributed by atoms with Crippen molar-refractivity contribution in [2.45, 2.75) is 20.1 Å². The van der Waals surface area contributed by atoms with Gasteiger partial charge in [0.1, 0.15) is 12.4 Å². The van der Waals surface area contributed by atoms with Crippen LogP contribution in [0.15, 0.2) is 79.4 Å². The van der Waals surface area contributed by atoms with Crippen molar-refractivity contribution < 1.29 is 23.8 Å². The van der Waals surface area contributed by atoms with Crippen LogP contribution in [-0.4, -0.2) is 31.0 Å². The molecule has 2 aromatic carbocycles. The monoisotopic (exact) mass is 512 g/mol. The van der Waals surface area contributed by atoms with Gasteiger partial charge in [0, 0.05) is 48.4 Å². The molecule has 0 saturated heterocycles. The summed E-state index contributed by atoms with van der Waals surface area (Å²) in [4.78, 5) is 26.0. The Hall–Kier alpha value is -4.76. The van der Waals surface area contributed by atoms with E-state index < -0.39 is 11.7 Å². The van der Waals surface area contributed by atoms with Crippen LogP contribution in [0.2, 0.25) is 0 Å². The summed E-state index contributed by atoms with van der Waals surface area (Å²) in [6, 6.07) is 15.9. The van der Waals surface area contributed by atoms with Gasteiger partial charge in [-0.3, -0.25) is 14.3 Å². The fourth-order valence-electron chi connectivity index (χ4n) is 4.30. The van der Waals surface area contributed by atoms with Crippen molar-refractivity contribution in [3.8, 4) is 16.9 Å². The summed E-state index contributed by atoms with van der Waals surface area (Å²) in [6.45, 7) is 1.34. The number of hydrogen-bond donors (Lipinski definition) is 2. The minimum atomic E-state index is -0.677. The predicted molar refractivity (Wildman–Crippen MR) is 141 cm³/mol. The number of nitrogens with one attached hydrogen (secondary N) is 1. The number of aromatic nitrogens is 3. The molecule has 0 unspecified atom stereocenters. The molecule has 0 radical (unpaired) electrons. The van der Waals surface area contributed by atoms with Crippen molar-refractivity contribution in [3.63, 3.8) is 0 Å². The summed E-state index contributed by atoms with van der Waals surface area (Å²) in [7, 11) is 1.71. The SMILES string of the molecule is CC(=O)c1cn2ccc(OCc3ccccc3)cc2c1C(=O)Nc1cc(CO)cc(-c2cnn(C)c2)c1F. The van der Waals surface area contributed by atoms with Gasteiger partial charge < -0.3 is 19.6 Å². The fraction of sp³-hybridized carbons (Fsp3) is 0.138. The van der Waals surface area contributed by atoms with E-state index >= 15 is 4.39 Å². The molecule has 0 spiro atoms. The van der Waals surface area contributed by atoms with Crippen molar-refractivity contribution >= 4 is 22.9 Å². The van der Waals surface area contributed by atoms with Crippen LogP contribution >= 0.6 is 0 Å². The molecule has 0 bridgehead atoms. The van der Waals surface area contributed by atoms with E-state index in [4.69, 9.17) is 4.74 Å². The van der Waals surface area contributed by atoms with E-state index in [0.29, 0.717) is 29.0 Å². The number of halogens is 1. The van der Waals surface area contributed by atoms with E-state index in [1.807, 2.05) is 30.3 Å².